The van der Waals surface area contributed by atoms with Crippen LogP contribution in [0.25, 0.3) is 11.0 Å². The molecule has 0 unspecified atom stereocenters. The predicted molar refractivity (Wildman–Crippen MR) is 78.8 cm³/mol. The number of ketones is 1. The Labute approximate surface area is 121 Å². The standard InChI is InChI=1S/C17H14FNO2/c18-14-5-6-15-13(9-14)10-16(21-15)17(20)12-3-1-11(2-4-12)7-8-19/h1-6,9-10H,7-8,19H2. The predicted octanol–water partition coefficient (Wildman–Crippen LogP) is 3.30. The van der Waals surface area contributed by atoms with Gasteiger partial charge in [0, 0.05) is 10.9 Å². The summed E-state index contributed by atoms with van der Waals surface area (Å²) in [4.78, 5) is 12.4. The number of carbonyl (C=O) groups excluding carboxylic acids is 1. The van der Waals surface area contributed by atoms with E-state index in [1.807, 2.05) is 12.1 Å². The molecule has 0 saturated carbocycles. The van der Waals surface area contributed by atoms with Gasteiger partial charge in [0.05, 0.1) is 0 Å². The van der Waals surface area contributed by atoms with Gasteiger partial charge in [-0.25, -0.2) is 4.39 Å². The molecule has 0 radical (unpaired) electrons. The third-order valence-electron chi connectivity index (χ3n) is 3.35. The molecule has 0 spiro atoms. The van der Waals surface area contributed by atoms with E-state index in [1.165, 1.54) is 18.2 Å². The lowest BCUT2D eigenvalue weighted by Crippen LogP contribution is -2.04. The topological polar surface area (TPSA) is 56.2 Å². The van der Waals surface area contributed by atoms with Crippen LogP contribution in [0.1, 0.15) is 21.7 Å². The SMILES string of the molecule is NCCc1ccc(C(=O)c2cc3cc(F)ccc3o2)cc1. The summed E-state index contributed by atoms with van der Waals surface area (Å²) in [5, 5.41) is 0.582. The van der Waals surface area contributed by atoms with Crippen molar-refractivity contribution in [3.05, 3.63) is 71.2 Å². The fourth-order valence-electron chi connectivity index (χ4n) is 2.26. The van der Waals surface area contributed by atoms with E-state index in [2.05, 4.69) is 0 Å². The van der Waals surface area contributed by atoms with Gasteiger partial charge in [-0.15, -0.1) is 0 Å². The number of fused-ring (bicyclic) bond motifs is 1. The van der Waals surface area contributed by atoms with Crippen molar-refractivity contribution in [2.75, 3.05) is 6.54 Å². The van der Waals surface area contributed by atoms with E-state index in [0.717, 1.165) is 12.0 Å². The number of benzene rings is 2. The molecule has 0 aliphatic heterocycles. The third-order valence-corrected chi connectivity index (χ3v) is 3.35. The van der Waals surface area contributed by atoms with E-state index in [0.29, 0.717) is 23.1 Å². The molecule has 3 aromatic rings. The van der Waals surface area contributed by atoms with Crippen molar-refractivity contribution in [1.82, 2.24) is 0 Å². The minimum absolute atomic E-state index is 0.210. The van der Waals surface area contributed by atoms with Crippen molar-refractivity contribution in [2.45, 2.75) is 6.42 Å². The average Bonchev–Trinajstić information content (AvgIpc) is 2.90. The van der Waals surface area contributed by atoms with Gasteiger partial charge in [-0.1, -0.05) is 24.3 Å². The molecule has 21 heavy (non-hydrogen) atoms. The van der Waals surface area contributed by atoms with Crippen LogP contribution >= 0.6 is 0 Å². The molecule has 0 saturated heterocycles. The van der Waals surface area contributed by atoms with E-state index in [-0.39, 0.29) is 17.4 Å². The highest BCUT2D eigenvalue weighted by atomic mass is 19.1. The van der Waals surface area contributed by atoms with Gasteiger partial charge in [0.1, 0.15) is 11.4 Å². The van der Waals surface area contributed by atoms with Gasteiger partial charge in [-0.05, 0) is 42.8 Å². The van der Waals surface area contributed by atoms with Gasteiger partial charge in [0.2, 0.25) is 5.78 Å². The molecule has 0 atom stereocenters. The fourth-order valence-corrected chi connectivity index (χ4v) is 2.26. The summed E-state index contributed by atoms with van der Waals surface area (Å²) in [6.07, 6.45) is 0.776. The third kappa shape index (κ3) is 2.71. The maximum absolute atomic E-state index is 13.2. The number of nitrogens with two attached hydrogens (primary N) is 1. The average molecular weight is 283 g/mol. The molecule has 106 valence electrons. The highest BCUT2D eigenvalue weighted by Crippen LogP contribution is 2.22. The zero-order valence-corrected chi connectivity index (χ0v) is 11.3. The summed E-state index contributed by atoms with van der Waals surface area (Å²) in [7, 11) is 0. The van der Waals surface area contributed by atoms with Crippen LogP contribution in [-0.2, 0) is 6.42 Å². The maximum atomic E-state index is 13.2. The van der Waals surface area contributed by atoms with E-state index < -0.39 is 0 Å². The lowest BCUT2D eigenvalue weighted by atomic mass is 10.0. The highest BCUT2D eigenvalue weighted by Gasteiger charge is 2.14. The van der Waals surface area contributed by atoms with Crippen molar-refractivity contribution in [3.8, 4) is 0 Å². The molecule has 3 nitrogen and oxygen atoms in total. The van der Waals surface area contributed by atoms with Crippen LogP contribution in [0.4, 0.5) is 4.39 Å². The molecule has 4 heteroatoms. The summed E-state index contributed by atoms with van der Waals surface area (Å²) < 4.78 is 18.6. The van der Waals surface area contributed by atoms with Crippen LogP contribution in [0.2, 0.25) is 0 Å². The van der Waals surface area contributed by atoms with Crippen LogP contribution in [0, 0.1) is 5.82 Å². The molecule has 0 fully saturated rings. The smallest absolute Gasteiger partial charge is 0.228 e. The molecule has 0 aliphatic rings. The number of hydrogen-bond acceptors (Lipinski definition) is 3. The van der Waals surface area contributed by atoms with Gasteiger partial charge < -0.3 is 10.2 Å². The fraction of sp³-hybridized carbons (Fsp3) is 0.118. The minimum Gasteiger partial charge on any atom is -0.453 e. The molecule has 2 aromatic carbocycles. The molecule has 0 bridgehead atoms. The Morgan fingerprint density at radius 3 is 2.57 bits per heavy atom. The highest BCUT2D eigenvalue weighted by molar-refractivity contribution is 6.09. The van der Waals surface area contributed by atoms with Crippen molar-refractivity contribution >= 4 is 16.8 Å². The number of rotatable bonds is 4. The second kappa shape index (κ2) is 5.50. The molecule has 0 amide bonds. The molecular formula is C17H14FNO2. The lowest BCUT2D eigenvalue weighted by molar-refractivity contribution is 0.101. The summed E-state index contributed by atoms with van der Waals surface area (Å²) in [6.45, 7) is 0.572. The Morgan fingerprint density at radius 1 is 1.10 bits per heavy atom. The van der Waals surface area contributed by atoms with E-state index in [1.54, 1.807) is 18.2 Å². The number of carbonyl (C=O) groups is 1. The maximum Gasteiger partial charge on any atom is 0.228 e. The van der Waals surface area contributed by atoms with Gasteiger partial charge in [-0.3, -0.25) is 4.79 Å². The van der Waals surface area contributed by atoms with E-state index in [4.69, 9.17) is 10.2 Å². The molecule has 0 aliphatic carbocycles. The van der Waals surface area contributed by atoms with Gasteiger partial charge in [0.25, 0.3) is 0 Å². The molecule has 1 aromatic heterocycles. The van der Waals surface area contributed by atoms with E-state index >= 15 is 0 Å². The van der Waals surface area contributed by atoms with Crippen molar-refractivity contribution in [2.24, 2.45) is 5.73 Å². The second-order valence-electron chi connectivity index (χ2n) is 4.86. The zero-order valence-electron chi connectivity index (χ0n) is 11.3. The number of furan rings is 1. The summed E-state index contributed by atoms with van der Waals surface area (Å²) >= 11 is 0. The first kappa shape index (κ1) is 13.5. The molecule has 1 heterocycles. The van der Waals surface area contributed by atoms with Gasteiger partial charge in [0.15, 0.2) is 5.76 Å². The van der Waals surface area contributed by atoms with Crippen molar-refractivity contribution < 1.29 is 13.6 Å². The second-order valence-corrected chi connectivity index (χ2v) is 4.86. The number of hydrogen-bond donors (Lipinski definition) is 1. The monoisotopic (exact) mass is 283 g/mol. The van der Waals surface area contributed by atoms with Gasteiger partial charge in [-0.2, -0.15) is 0 Å². The van der Waals surface area contributed by atoms with Gasteiger partial charge >= 0.3 is 0 Å². The zero-order chi connectivity index (χ0) is 14.8. The first-order chi connectivity index (χ1) is 10.2. The lowest BCUT2D eigenvalue weighted by Gasteiger charge is -2.01. The molecular weight excluding hydrogens is 269 g/mol. The largest absolute Gasteiger partial charge is 0.453 e. The summed E-state index contributed by atoms with van der Waals surface area (Å²) in [6, 6.07) is 13.0. The van der Waals surface area contributed by atoms with Crippen LogP contribution in [0.15, 0.2) is 52.9 Å². The van der Waals surface area contributed by atoms with E-state index in [9.17, 15) is 9.18 Å². The Bertz CT molecular complexity index is 790. The normalized spacial score (nSPS) is 11.0. The minimum atomic E-state index is -0.353. The van der Waals surface area contributed by atoms with Crippen LogP contribution < -0.4 is 5.73 Å². The van der Waals surface area contributed by atoms with Crippen LogP contribution in [0.3, 0.4) is 0 Å². The quantitative estimate of drug-likeness (QED) is 0.747. The summed E-state index contributed by atoms with van der Waals surface area (Å²) in [5.41, 5.74) is 7.61. The first-order valence-electron chi connectivity index (χ1n) is 6.70. The van der Waals surface area contributed by atoms with Crippen LogP contribution in [0.5, 0.6) is 0 Å². The summed E-state index contributed by atoms with van der Waals surface area (Å²) in [5.74, 6) is -0.360. The van der Waals surface area contributed by atoms with Crippen molar-refractivity contribution in [1.29, 1.82) is 0 Å². The Hall–Kier alpha value is -2.46. The van der Waals surface area contributed by atoms with Crippen molar-refractivity contribution in [3.63, 3.8) is 0 Å². The Kier molecular flexibility index (Phi) is 3.54. The van der Waals surface area contributed by atoms with Crippen LogP contribution in [-0.4, -0.2) is 12.3 Å². The Morgan fingerprint density at radius 2 is 1.86 bits per heavy atom. The molecule has 3 rings (SSSR count). The Balaban J connectivity index is 1.92. The first-order valence-corrected chi connectivity index (χ1v) is 6.70. The molecule has 2 N–H and O–H groups in total. The number of halogens is 1.